The molecule has 3 rings (SSSR count). The smallest absolute Gasteiger partial charge is 0.123 e. The van der Waals surface area contributed by atoms with E-state index in [1.807, 2.05) is 36.4 Å². The Bertz CT molecular complexity index is 782. The van der Waals surface area contributed by atoms with E-state index in [2.05, 4.69) is 0 Å². The summed E-state index contributed by atoms with van der Waals surface area (Å²) < 4.78 is 13.5. The van der Waals surface area contributed by atoms with Crippen LogP contribution in [0.5, 0.6) is 0 Å². The zero-order chi connectivity index (χ0) is 14.8. The molecule has 0 saturated carbocycles. The third kappa shape index (κ3) is 2.80. The summed E-state index contributed by atoms with van der Waals surface area (Å²) in [6.45, 7) is 0. The van der Waals surface area contributed by atoms with E-state index in [0.717, 1.165) is 11.1 Å². The van der Waals surface area contributed by atoms with Gasteiger partial charge in [-0.05, 0) is 29.3 Å². The fourth-order valence-electron chi connectivity index (χ4n) is 2.30. The van der Waals surface area contributed by atoms with Crippen LogP contribution in [0.4, 0.5) is 4.39 Å². The summed E-state index contributed by atoms with van der Waals surface area (Å²) in [5, 5.41) is 1.03. The molecule has 0 unspecified atom stereocenters. The van der Waals surface area contributed by atoms with E-state index in [1.54, 1.807) is 18.2 Å². The maximum atomic E-state index is 13.5. The van der Waals surface area contributed by atoms with Crippen molar-refractivity contribution in [3.63, 3.8) is 0 Å². The van der Waals surface area contributed by atoms with E-state index in [1.165, 1.54) is 12.1 Å². The van der Waals surface area contributed by atoms with Gasteiger partial charge in [0, 0.05) is 16.1 Å². The van der Waals surface area contributed by atoms with Crippen molar-refractivity contribution in [2.75, 3.05) is 0 Å². The maximum absolute atomic E-state index is 13.5. The van der Waals surface area contributed by atoms with Crippen LogP contribution >= 0.6 is 23.2 Å². The molecule has 0 heterocycles. The zero-order valence-electron chi connectivity index (χ0n) is 11.0. The molecule has 0 aliphatic rings. The lowest BCUT2D eigenvalue weighted by atomic mass is 9.98. The second-order valence-electron chi connectivity index (χ2n) is 4.66. The number of benzene rings is 3. The van der Waals surface area contributed by atoms with Gasteiger partial charge in [-0.25, -0.2) is 4.39 Å². The molecule has 104 valence electrons. The molecule has 3 aromatic rings. The summed E-state index contributed by atoms with van der Waals surface area (Å²) in [5.74, 6) is -0.315. The van der Waals surface area contributed by atoms with Crippen LogP contribution in [0.2, 0.25) is 10.0 Å². The van der Waals surface area contributed by atoms with Crippen molar-refractivity contribution >= 4 is 23.2 Å². The molecule has 3 aromatic carbocycles. The largest absolute Gasteiger partial charge is 0.207 e. The summed E-state index contributed by atoms with van der Waals surface area (Å²) >= 11 is 12.8. The number of rotatable bonds is 2. The third-order valence-electron chi connectivity index (χ3n) is 3.29. The quantitative estimate of drug-likeness (QED) is 0.508. The molecule has 0 saturated heterocycles. The van der Waals surface area contributed by atoms with Crippen LogP contribution < -0.4 is 0 Å². The van der Waals surface area contributed by atoms with Gasteiger partial charge in [-0.2, -0.15) is 0 Å². The Morgan fingerprint density at radius 2 is 1.43 bits per heavy atom. The van der Waals surface area contributed by atoms with Gasteiger partial charge in [0.05, 0.1) is 5.02 Å². The molecule has 0 aliphatic heterocycles. The number of hydrogen-bond donors (Lipinski definition) is 0. The third-order valence-corrected chi connectivity index (χ3v) is 4.00. The van der Waals surface area contributed by atoms with Gasteiger partial charge in [0.2, 0.25) is 0 Å². The van der Waals surface area contributed by atoms with Crippen LogP contribution in [0.15, 0.2) is 66.7 Å². The monoisotopic (exact) mass is 316 g/mol. The van der Waals surface area contributed by atoms with Crippen molar-refractivity contribution in [1.82, 2.24) is 0 Å². The van der Waals surface area contributed by atoms with Gasteiger partial charge in [-0.15, -0.1) is 0 Å². The van der Waals surface area contributed by atoms with Gasteiger partial charge in [0.15, 0.2) is 0 Å². The first kappa shape index (κ1) is 14.1. The Hall–Kier alpha value is -1.83. The molecule has 0 aliphatic carbocycles. The van der Waals surface area contributed by atoms with E-state index in [4.69, 9.17) is 23.2 Å². The van der Waals surface area contributed by atoms with Crippen molar-refractivity contribution in [2.45, 2.75) is 0 Å². The second kappa shape index (κ2) is 5.88. The topological polar surface area (TPSA) is 0 Å². The highest BCUT2D eigenvalue weighted by Gasteiger charge is 2.14. The molecule has 3 heteroatoms. The second-order valence-corrected chi connectivity index (χ2v) is 5.45. The molecular formula is C18H11Cl2F. The van der Waals surface area contributed by atoms with Crippen LogP contribution in [0.1, 0.15) is 0 Å². The van der Waals surface area contributed by atoms with Crippen LogP contribution in [-0.2, 0) is 0 Å². The Morgan fingerprint density at radius 1 is 0.714 bits per heavy atom. The Labute approximate surface area is 132 Å². The van der Waals surface area contributed by atoms with Gasteiger partial charge in [-0.1, -0.05) is 71.7 Å². The van der Waals surface area contributed by atoms with Crippen molar-refractivity contribution < 1.29 is 4.39 Å². The van der Waals surface area contributed by atoms with Crippen LogP contribution in [-0.4, -0.2) is 0 Å². The summed E-state index contributed by atoms with van der Waals surface area (Å²) in [5.41, 5.74) is 3.19. The molecule has 0 amide bonds. The molecule has 0 atom stereocenters. The van der Waals surface area contributed by atoms with Gasteiger partial charge < -0.3 is 0 Å². The minimum absolute atomic E-state index is 0.315. The fourth-order valence-corrected chi connectivity index (χ4v) is 3.00. The van der Waals surface area contributed by atoms with E-state index >= 15 is 0 Å². The van der Waals surface area contributed by atoms with E-state index in [9.17, 15) is 4.39 Å². The summed E-state index contributed by atoms with van der Waals surface area (Å²) in [4.78, 5) is 0. The van der Waals surface area contributed by atoms with Gasteiger partial charge in [0.25, 0.3) is 0 Å². The van der Waals surface area contributed by atoms with E-state index in [-0.39, 0.29) is 5.82 Å². The predicted octanol–water partition coefficient (Wildman–Crippen LogP) is 6.47. The zero-order valence-corrected chi connectivity index (χ0v) is 12.5. The van der Waals surface area contributed by atoms with Gasteiger partial charge >= 0.3 is 0 Å². The van der Waals surface area contributed by atoms with Crippen LogP contribution in [0.3, 0.4) is 0 Å². The average Bonchev–Trinajstić information content (AvgIpc) is 2.48. The fraction of sp³-hybridized carbons (Fsp3) is 0. The lowest BCUT2D eigenvalue weighted by Gasteiger charge is -2.12. The van der Waals surface area contributed by atoms with Crippen molar-refractivity contribution in [3.05, 3.63) is 82.6 Å². The van der Waals surface area contributed by atoms with Crippen molar-refractivity contribution in [1.29, 1.82) is 0 Å². The maximum Gasteiger partial charge on any atom is 0.123 e. The summed E-state index contributed by atoms with van der Waals surface area (Å²) in [6.07, 6.45) is 0. The standard InChI is InChI=1S/C18H11Cl2F/c19-16-10-9-15(12-5-2-1-3-6-12)18(20)17(16)13-7-4-8-14(21)11-13/h1-11H. The van der Waals surface area contributed by atoms with E-state index < -0.39 is 0 Å². The molecule has 21 heavy (non-hydrogen) atoms. The molecule has 0 N–H and O–H groups in total. The van der Waals surface area contributed by atoms with Crippen LogP contribution in [0, 0.1) is 5.82 Å². The molecule has 0 nitrogen and oxygen atoms in total. The SMILES string of the molecule is Fc1cccc(-c2c(Cl)ccc(-c3ccccc3)c2Cl)c1. The number of halogens is 3. The average molecular weight is 317 g/mol. The highest BCUT2D eigenvalue weighted by molar-refractivity contribution is 6.41. The van der Waals surface area contributed by atoms with Gasteiger partial charge in [0.1, 0.15) is 5.82 Å². The van der Waals surface area contributed by atoms with Gasteiger partial charge in [-0.3, -0.25) is 0 Å². The van der Waals surface area contributed by atoms with Crippen molar-refractivity contribution in [2.24, 2.45) is 0 Å². The molecule has 0 bridgehead atoms. The molecule has 0 fully saturated rings. The first-order chi connectivity index (χ1) is 10.2. The molecule has 0 aromatic heterocycles. The lowest BCUT2D eigenvalue weighted by Crippen LogP contribution is -1.87. The highest BCUT2D eigenvalue weighted by Crippen LogP contribution is 2.41. The highest BCUT2D eigenvalue weighted by atomic mass is 35.5. The number of hydrogen-bond acceptors (Lipinski definition) is 0. The van der Waals surface area contributed by atoms with E-state index in [0.29, 0.717) is 21.2 Å². The molecular weight excluding hydrogens is 306 g/mol. The Kier molecular flexibility index (Phi) is 3.96. The summed E-state index contributed by atoms with van der Waals surface area (Å²) in [7, 11) is 0. The molecule has 0 spiro atoms. The molecule has 0 radical (unpaired) electrons. The minimum Gasteiger partial charge on any atom is -0.207 e. The lowest BCUT2D eigenvalue weighted by molar-refractivity contribution is 0.628. The normalized spacial score (nSPS) is 10.6. The minimum atomic E-state index is -0.315. The Balaban J connectivity index is 2.22. The first-order valence-corrected chi connectivity index (χ1v) is 7.22. The first-order valence-electron chi connectivity index (χ1n) is 6.46. The van der Waals surface area contributed by atoms with Crippen LogP contribution in [0.25, 0.3) is 22.3 Å². The Morgan fingerprint density at radius 3 is 2.14 bits per heavy atom. The van der Waals surface area contributed by atoms with Crippen molar-refractivity contribution in [3.8, 4) is 22.3 Å². The predicted molar refractivity (Wildman–Crippen MR) is 87.3 cm³/mol. The summed E-state index contributed by atoms with van der Waals surface area (Å²) in [6, 6.07) is 19.7.